The van der Waals surface area contributed by atoms with Crippen LogP contribution in [0.2, 0.25) is 0 Å². The minimum Gasteiger partial charge on any atom is -0.294 e. The first-order chi connectivity index (χ1) is 29.9. The monoisotopic (exact) mass is 828 g/mol. The molecule has 0 aromatic heterocycles. The fraction of sp³-hybridized carbons (Fsp3) is 1.00. The summed E-state index contributed by atoms with van der Waals surface area (Å²) in [5.41, 5.74) is 2.62. The van der Waals surface area contributed by atoms with Gasteiger partial charge in [0.2, 0.25) is 0 Å². The summed E-state index contributed by atoms with van der Waals surface area (Å²) in [6.45, 7) is 14.7. The van der Waals surface area contributed by atoms with Gasteiger partial charge < -0.3 is 0 Å². The summed E-state index contributed by atoms with van der Waals surface area (Å²) in [4.78, 5) is 3.47. The van der Waals surface area contributed by atoms with Crippen molar-refractivity contribution in [2.24, 2.45) is 247 Å². The van der Waals surface area contributed by atoms with Crippen LogP contribution in [0.3, 0.4) is 0 Å². The van der Waals surface area contributed by atoms with Gasteiger partial charge in [-0.25, -0.2) is 0 Å². The van der Waals surface area contributed by atoms with Crippen LogP contribution in [0.25, 0.3) is 0 Å². The van der Waals surface area contributed by atoms with E-state index in [1.165, 1.54) is 166 Å². The van der Waals surface area contributed by atoms with Gasteiger partial charge in [0.15, 0.2) is 0 Å². The normalized spacial score (nSPS) is 91.4. The lowest BCUT2D eigenvalue weighted by molar-refractivity contribution is -0.366. The maximum absolute atomic E-state index is 3.47. The first-order valence-electron chi connectivity index (χ1n) is 29.4. The number of nitrogens with zero attached hydrogens (tertiary/aromatic N) is 1. The highest BCUT2D eigenvalue weighted by Gasteiger charge is 3.00. The first-order valence-corrected chi connectivity index (χ1v) is 30.3. The van der Waals surface area contributed by atoms with Gasteiger partial charge in [-0.15, -0.1) is 0 Å². The van der Waals surface area contributed by atoms with Crippen molar-refractivity contribution in [2.75, 3.05) is 0 Å². The molecule has 2 heteroatoms. The van der Waals surface area contributed by atoms with Crippen molar-refractivity contribution in [1.29, 1.82) is 0 Å². The molecule has 3 saturated heterocycles. The Kier molecular flexibility index (Phi) is 4.19. The molecule has 0 radical (unpaired) electrons. The van der Waals surface area contributed by atoms with Crippen LogP contribution in [0, 0.1) is 247 Å². The van der Waals surface area contributed by atoms with Crippen LogP contribution in [0.15, 0.2) is 0 Å². The summed E-state index contributed by atoms with van der Waals surface area (Å²) in [6, 6.07) is 3.00. The van der Waals surface area contributed by atoms with Crippen LogP contribution < -0.4 is 0 Å². The van der Waals surface area contributed by atoms with Gasteiger partial charge in [0.05, 0.1) is 0 Å². The third-order valence-corrected chi connectivity index (χ3v) is 36.2. The first kappa shape index (κ1) is 31.4. The van der Waals surface area contributed by atoms with Crippen molar-refractivity contribution in [3.8, 4) is 0 Å². The van der Waals surface area contributed by atoms with E-state index >= 15 is 0 Å². The van der Waals surface area contributed by atoms with Crippen molar-refractivity contribution < 1.29 is 0 Å². The molecule has 25 rings (SSSR count). The number of hydrogen-bond donors (Lipinski definition) is 0. The summed E-state index contributed by atoms with van der Waals surface area (Å²) >= 11 is 2.65. The average Bonchev–Trinajstić information content (AvgIpc) is 4.17. The van der Waals surface area contributed by atoms with E-state index in [0.717, 1.165) is 110 Å². The fourth-order valence-electron chi connectivity index (χ4n) is 36.5. The van der Waals surface area contributed by atoms with Crippen molar-refractivity contribution in [3.05, 3.63) is 0 Å². The van der Waals surface area contributed by atoms with Gasteiger partial charge in [0.25, 0.3) is 0 Å². The quantitative estimate of drug-likeness (QED) is 0.242. The van der Waals surface area contributed by atoms with E-state index in [4.69, 9.17) is 0 Å². The molecule has 1 nitrogen and oxygen atoms in total. The van der Waals surface area contributed by atoms with E-state index < -0.39 is 0 Å². The second-order valence-corrected chi connectivity index (χ2v) is 33.3. The molecule has 47 atom stereocenters. The van der Waals surface area contributed by atoms with Crippen molar-refractivity contribution >= 4 is 11.8 Å². The van der Waals surface area contributed by atoms with Gasteiger partial charge in [0, 0.05) is 28.6 Å². The lowest BCUT2D eigenvalue weighted by atomic mass is 9.21. The number of thioether (sulfide) groups is 1. The van der Waals surface area contributed by atoms with Crippen LogP contribution >= 0.6 is 11.8 Å². The zero-order valence-corrected chi connectivity index (χ0v) is 38.5. The zero-order valence-electron chi connectivity index (χ0n) is 37.7. The van der Waals surface area contributed by atoms with Crippen molar-refractivity contribution in [3.63, 3.8) is 0 Å². The van der Waals surface area contributed by atoms with Gasteiger partial charge in [-0.1, -0.05) is 34.1 Å². The molecule has 61 heavy (non-hydrogen) atoms. The molecule has 25 fully saturated rings. The maximum atomic E-state index is 3.47. The lowest BCUT2D eigenvalue weighted by Crippen LogP contribution is -2.80. The lowest BCUT2D eigenvalue weighted by Gasteiger charge is -2.83. The molecule has 3 heterocycles. The SMILES string of the molecule is CCC1C2C3C2C2C4C3C3C5CC6C7SC7C(C2C2C7C8C9CC(C)C(C%10CC%11C(C%10)C%10C%12C9C9C%13CC%13C9%13C9CC(C%12[C@@H]9%13)N%10C%11C)C9C%10C(C)C%11C4C(C)C%112[C@@H]7C%10C98)C65C13. The third kappa shape index (κ3) is 2.24. The van der Waals surface area contributed by atoms with Gasteiger partial charge in [0.1, 0.15) is 0 Å². The van der Waals surface area contributed by atoms with Crippen LogP contribution in [0.1, 0.15) is 79.6 Å². The predicted molar refractivity (Wildman–Crippen MR) is 232 cm³/mol. The maximum Gasteiger partial charge on any atom is 0.0209 e. The summed E-state index contributed by atoms with van der Waals surface area (Å²) in [7, 11) is 0. The molecule has 3 aliphatic heterocycles. The highest BCUT2D eigenvalue weighted by Crippen LogP contribution is 3.03. The van der Waals surface area contributed by atoms with Gasteiger partial charge in [-0.05, 0) is 292 Å². The summed E-state index contributed by atoms with van der Waals surface area (Å²) in [6.07, 6.45) is 11.9. The topological polar surface area (TPSA) is 3.24 Å². The standard InChI is InChI=1S/C59H73NS/c1-6-18-31-38-39(31)42-37-30-15(4)57-47(30)14(3)29-36-28-13(2)7-22(33-44-35-27(12-25-50(35)58(25)23-10-21(23)49(33)58)60-16(5)19-8-17(28)9-20(19)54(44)60)32-40(36)43(29)51(57)45(32)52(57)46(42)53-56-55(61-56)26-11-24-34(41(37)38)48(18)59(24,26)53/h13-56H,6-12H2,1-5H3/t13?,14?,15?,16?,17?,18?,19?,20?,21?,22?,23?,24?,25?,26?,27?,28?,29?,30?,31?,32?,33?,34?,35?,36?,37?,38?,39?,40?,41?,42?,43?,44?,45?,46?,47?,48?,49?,50-,51-,52?,53?,54?,55?,56?,57?,58?,59?/m1/s1. The molecule has 45 unspecified atom stereocenters. The van der Waals surface area contributed by atoms with Crippen LogP contribution in [-0.4, -0.2) is 33.5 Å². The summed E-state index contributed by atoms with van der Waals surface area (Å²) in [5, 5.41) is 2.29. The van der Waals surface area contributed by atoms with Gasteiger partial charge >= 0.3 is 0 Å². The molecule has 0 amide bonds. The van der Waals surface area contributed by atoms with Gasteiger partial charge in [-0.2, -0.15) is 11.8 Å². The Balaban J connectivity index is 0.774. The van der Waals surface area contributed by atoms with E-state index in [-0.39, 0.29) is 0 Å². The molecule has 0 aromatic carbocycles. The van der Waals surface area contributed by atoms with E-state index in [1.807, 2.05) is 0 Å². The number of rotatable bonds is 1. The van der Waals surface area contributed by atoms with Crippen molar-refractivity contribution in [2.45, 2.75) is 108 Å². The molecule has 13 bridgehead atoms. The zero-order chi connectivity index (χ0) is 38.1. The second-order valence-electron chi connectivity index (χ2n) is 31.9. The molecule has 3 spiro atoms. The molecular formula is C59H73NS. The van der Waals surface area contributed by atoms with Crippen LogP contribution in [0.5, 0.6) is 0 Å². The van der Waals surface area contributed by atoms with E-state index in [9.17, 15) is 0 Å². The Morgan fingerprint density at radius 2 is 1.20 bits per heavy atom. The Morgan fingerprint density at radius 1 is 0.443 bits per heavy atom. The largest absolute Gasteiger partial charge is 0.294 e. The fourth-order valence-corrected chi connectivity index (χ4v) is 38.2. The minimum atomic E-state index is 0.820. The van der Waals surface area contributed by atoms with E-state index in [1.54, 1.807) is 44.9 Å². The molecule has 320 valence electrons. The summed E-state index contributed by atoms with van der Waals surface area (Å²) < 4.78 is 0. The Labute approximate surface area is 370 Å². The highest BCUT2D eigenvalue weighted by atomic mass is 32.2. The third-order valence-electron chi connectivity index (χ3n) is 34.6. The van der Waals surface area contributed by atoms with Crippen LogP contribution in [-0.2, 0) is 0 Å². The number of fused-ring (bicyclic) bond motifs is 18. The predicted octanol–water partition coefficient (Wildman–Crippen LogP) is 10.0. The molecule has 22 aliphatic carbocycles. The smallest absolute Gasteiger partial charge is 0.0209 e. The molecular weight excluding hydrogens is 755 g/mol. The second kappa shape index (κ2) is 8.15. The average molecular weight is 828 g/mol. The molecule has 0 N–H and O–H groups in total. The molecule has 0 aromatic rings. The van der Waals surface area contributed by atoms with Gasteiger partial charge in [-0.3, -0.25) is 4.90 Å². The minimum absolute atomic E-state index is 0.820. The van der Waals surface area contributed by atoms with E-state index in [0.29, 0.717) is 0 Å². The molecule has 22 saturated carbocycles. The number of hydrogen-bond acceptors (Lipinski definition) is 2. The van der Waals surface area contributed by atoms with Crippen LogP contribution in [0.4, 0.5) is 0 Å². The summed E-state index contributed by atoms with van der Waals surface area (Å²) in [5.74, 6) is 46.1. The highest BCUT2D eigenvalue weighted by molar-refractivity contribution is 8.07. The Morgan fingerprint density at radius 3 is 2.08 bits per heavy atom. The van der Waals surface area contributed by atoms with Crippen molar-refractivity contribution in [1.82, 2.24) is 4.90 Å². The Bertz CT molecular complexity index is 2380. The van der Waals surface area contributed by atoms with E-state index in [2.05, 4.69) is 51.3 Å². The molecule has 25 aliphatic rings. The Hall–Kier alpha value is 0.310.